The highest BCUT2D eigenvalue weighted by Gasteiger charge is 2.38. The van der Waals surface area contributed by atoms with Crippen LogP contribution in [0.2, 0.25) is 0 Å². The quantitative estimate of drug-likeness (QED) is 0.624. The Hall–Kier alpha value is -2.41. The van der Waals surface area contributed by atoms with Gasteiger partial charge in [0.1, 0.15) is 12.4 Å². The van der Waals surface area contributed by atoms with E-state index in [1.807, 2.05) is 48.5 Å². The first-order valence-corrected chi connectivity index (χ1v) is 11.3. The Morgan fingerprint density at radius 3 is 2.47 bits per heavy atom. The normalized spacial score (nSPS) is 16.4. The van der Waals surface area contributed by atoms with Crippen LogP contribution in [0.25, 0.3) is 0 Å². The lowest BCUT2D eigenvalue weighted by Gasteiger charge is -2.41. The van der Waals surface area contributed by atoms with Crippen LogP contribution in [0.15, 0.2) is 54.6 Å². The monoisotopic (exact) mass is 440 g/mol. The predicted octanol–water partition coefficient (Wildman–Crippen LogP) is 3.55. The number of ether oxygens (including phenoxy) is 2. The van der Waals surface area contributed by atoms with Crippen molar-refractivity contribution in [1.29, 1.82) is 0 Å². The first-order valence-electron chi connectivity index (χ1n) is 11.3. The molecule has 1 fully saturated rings. The van der Waals surface area contributed by atoms with Crippen LogP contribution in [-0.2, 0) is 16.1 Å². The molecule has 6 heteroatoms. The lowest BCUT2D eigenvalue weighted by atomic mass is 9.81. The third-order valence-corrected chi connectivity index (χ3v) is 6.24. The summed E-state index contributed by atoms with van der Waals surface area (Å²) in [6.07, 6.45) is -0.964. The predicted molar refractivity (Wildman–Crippen MR) is 125 cm³/mol. The van der Waals surface area contributed by atoms with E-state index in [0.717, 1.165) is 18.7 Å². The van der Waals surface area contributed by atoms with Crippen molar-refractivity contribution < 1.29 is 19.4 Å². The fraction of sp³-hybridized carbons (Fsp3) is 0.500. The van der Waals surface area contributed by atoms with E-state index in [1.165, 1.54) is 0 Å². The van der Waals surface area contributed by atoms with Gasteiger partial charge >= 0.3 is 0 Å². The summed E-state index contributed by atoms with van der Waals surface area (Å²) in [5.41, 5.74) is 0.536. The van der Waals surface area contributed by atoms with Crippen molar-refractivity contribution in [3.63, 3.8) is 0 Å². The van der Waals surface area contributed by atoms with Gasteiger partial charge in [-0.05, 0) is 51.0 Å². The molecular weight excluding hydrogens is 404 g/mol. The zero-order valence-electron chi connectivity index (χ0n) is 19.6. The number of aliphatic hydroxyl groups is 1. The van der Waals surface area contributed by atoms with Crippen LogP contribution in [0.5, 0.6) is 5.75 Å². The third-order valence-electron chi connectivity index (χ3n) is 6.24. The van der Waals surface area contributed by atoms with Gasteiger partial charge in [-0.25, -0.2) is 0 Å². The molecule has 0 aromatic heterocycles. The number of nitrogens with one attached hydrogen (secondary N) is 1. The summed E-state index contributed by atoms with van der Waals surface area (Å²) in [6.45, 7) is 11.9. The van der Waals surface area contributed by atoms with Crippen molar-refractivity contribution in [2.75, 3.05) is 32.8 Å². The Bertz CT molecular complexity index is 876. The molecule has 0 spiro atoms. The Balaban J connectivity index is 1.61. The molecule has 0 radical (unpaired) electrons. The molecule has 174 valence electrons. The van der Waals surface area contributed by atoms with E-state index in [4.69, 9.17) is 9.47 Å². The van der Waals surface area contributed by atoms with Crippen LogP contribution in [0.4, 0.5) is 0 Å². The first-order chi connectivity index (χ1) is 15.2. The summed E-state index contributed by atoms with van der Waals surface area (Å²) in [5.74, 6) is 0.483. The van der Waals surface area contributed by atoms with Gasteiger partial charge in [0.05, 0.1) is 24.7 Å². The Morgan fingerprint density at radius 1 is 1.09 bits per heavy atom. The Labute approximate surface area is 191 Å². The number of carbonyl (C=O) groups excluding carboxylic acids is 1. The van der Waals surface area contributed by atoms with E-state index in [2.05, 4.69) is 24.1 Å². The fourth-order valence-corrected chi connectivity index (χ4v) is 3.86. The lowest BCUT2D eigenvalue weighted by Crippen LogP contribution is -2.56. The zero-order chi connectivity index (χ0) is 23.2. The molecule has 6 nitrogen and oxygen atoms in total. The molecule has 1 amide bonds. The molecule has 1 aliphatic heterocycles. The van der Waals surface area contributed by atoms with Gasteiger partial charge < -0.3 is 19.9 Å². The molecule has 32 heavy (non-hydrogen) atoms. The molecule has 0 bridgehead atoms. The molecule has 1 aliphatic rings. The summed E-state index contributed by atoms with van der Waals surface area (Å²) in [4.78, 5) is 15.4. The van der Waals surface area contributed by atoms with Gasteiger partial charge in [0.2, 0.25) is 5.91 Å². The number of carbonyl (C=O) groups is 1. The second-order valence-corrected chi connectivity index (χ2v) is 9.57. The molecule has 1 heterocycles. The minimum Gasteiger partial charge on any atom is -0.489 e. The molecule has 1 saturated heterocycles. The van der Waals surface area contributed by atoms with Crippen molar-refractivity contribution in [3.05, 3.63) is 65.7 Å². The van der Waals surface area contributed by atoms with Gasteiger partial charge in [-0.2, -0.15) is 0 Å². The van der Waals surface area contributed by atoms with Crippen molar-refractivity contribution in [2.45, 2.75) is 45.9 Å². The molecule has 1 atom stereocenters. The molecule has 3 rings (SSSR count). The number of rotatable bonds is 9. The second-order valence-electron chi connectivity index (χ2n) is 9.57. The highest BCUT2D eigenvalue weighted by molar-refractivity contribution is 5.82. The summed E-state index contributed by atoms with van der Waals surface area (Å²) < 4.78 is 11.3. The Morgan fingerprint density at radius 2 is 1.78 bits per heavy atom. The zero-order valence-corrected chi connectivity index (χ0v) is 19.6. The molecule has 0 saturated carbocycles. The van der Waals surface area contributed by atoms with Crippen LogP contribution in [0.3, 0.4) is 0 Å². The summed E-state index contributed by atoms with van der Waals surface area (Å²) >= 11 is 0. The number of morpholine rings is 1. The van der Waals surface area contributed by atoms with E-state index in [0.29, 0.717) is 37.7 Å². The molecular formula is C26H36N2O4. The number of hydrogen-bond donors (Lipinski definition) is 2. The van der Waals surface area contributed by atoms with Crippen molar-refractivity contribution >= 4 is 5.91 Å². The summed E-state index contributed by atoms with van der Waals surface area (Å²) in [5, 5.41) is 14.1. The molecule has 2 aromatic rings. The van der Waals surface area contributed by atoms with Crippen LogP contribution in [0, 0.1) is 5.41 Å². The van der Waals surface area contributed by atoms with Crippen molar-refractivity contribution in [2.24, 2.45) is 5.41 Å². The largest absolute Gasteiger partial charge is 0.489 e. The van der Waals surface area contributed by atoms with Gasteiger partial charge in [-0.15, -0.1) is 0 Å². The fourth-order valence-electron chi connectivity index (χ4n) is 3.86. The van der Waals surface area contributed by atoms with Gasteiger partial charge in [0.25, 0.3) is 0 Å². The van der Waals surface area contributed by atoms with Crippen LogP contribution in [0.1, 0.15) is 44.9 Å². The molecule has 0 aliphatic carbocycles. The SMILES string of the molecule is CC(C)(C(=O)NCC(C)(C)N1CCOCC1)C(O)c1cccc(OCc2ccccc2)c1. The highest BCUT2D eigenvalue weighted by atomic mass is 16.5. The highest BCUT2D eigenvalue weighted by Crippen LogP contribution is 2.35. The third kappa shape index (κ3) is 6.09. The molecule has 2 N–H and O–H groups in total. The van der Waals surface area contributed by atoms with E-state index < -0.39 is 11.5 Å². The maximum absolute atomic E-state index is 13.1. The first kappa shape index (κ1) is 24.2. The maximum Gasteiger partial charge on any atom is 0.228 e. The topological polar surface area (TPSA) is 71.0 Å². The Kier molecular flexibility index (Phi) is 7.93. The number of nitrogens with zero attached hydrogens (tertiary/aromatic N) is 1. The van der Waals surface area contributed by atoms with Crippen molar-refractivity contribution in [1.82, 2.24) is 10.2 Å². The van der Waals surface area contributed by atoms with E-state index >= 15 is 0 Å². The molecule has 2 aromatic carbocycles. The number of hydrogen-bond acceptors (Lipinski definition) is 5. The second kappa shape index (κ2) is 10.5. The summed E-state index contributed by atoms with van der Waals surface area (Å²) in [7, 11) is 0. The van der Waals surface area contributed by atoms with E-state index in [1.54, 1.807) is 19.9 Å². The van der Waals surface area contributed by atoms with Crippen LogP contribution >= 0.6 is 0 Å². The van der Waals surface area contributed by atoms with Crippen LogP contribution < -0.4 is 10.1 Å². The summed E-state index contributed by atoms with van der Waals surface area (Å²) in [6, 6.07) is 17.3. The smallest absolute Gasteiger partial charge is 0.228 e. The van der Waals surface area contributed by atoms with E-state index in [9.17, 15) is 9.90 Å². The van der Waals surface area contributed by atoms with Gasteiger partial charge in [0, 0.05) is 25.2 Å². The number of aliphatic hydroxyl groups excluding tert-OH is 1. The van der Waals surface area contributed by atoms with Crippen molar-refractivity contribution in [3.8, 4) is 5.75 Å². The van der Waals surface area contributed by atoms with Gasteiger partial charge in [-0.1, -0.05) is 42.5 Å². The maximum atomic E-state index is 13.1. The van der Waals surface area contributed by atoms with Gasteiger partial charge in [-0.3, -0.25) is 9.69 Å². The molecule has 1 unspecified atom stereocenters. The number of benzene rings is 2. The lowest BCUT2D eigenvalue weighted by molar-refractivity contribution is -0.136. The van der Waals surface area contributed by atoms with Crippen LogP contribution in [-0.4, -0.2) is 54.3 Å². The minimum absolute atomic E-state index is 0.179. The average Bonchev–Trinajstić information content (AvgIpc) is 2.82. The van der Waals surface area contributed by atoms with E-state index in [-0.39, 0.29) is 11.4 Å². The van der Waals surface area contributed by atoms with Gasteiger partial charge in [0.15, 0.2) is 0 Å². The minimum atomic E-state index is -1.00. The number of amides is 1. The average molecular weight is 441 g/mol. The standard InChI is InChI=1S/C26H36N2O4/c1-25(2,28-13-15-31-16-14-28)19-27-24(30)26(3,4)23(29)21-11-8-12-22(17-21)32-18-20-9-6-5-7-10-20/h5-12,17,23,29H,13-16,18-19H2,1-4H3,(H,27,30).